The highest BCUT2D eigenvalue weighted by Gasteiger charge is 2.04. The van der Waals surface area contributed by atoms with Crippen LogP contribution >= 0.6 is 15.9 Å². The number of para-hydroxylation sites is 1. The lowest BCUT2D eigenvalue weighted by atomic mass is 10.1. The molecule has 1 aromatic carbocycles. The Labute approximate surface area is 98.5 Å². The fraction of sp³-hybridized carbons (Fsp3) is 0.231. The molecule has 0 spiro atoms. The Morgan fingerprint density at radius 3 is 2.87 bits per heavy atom. The summed E-state index contributed by atoms with van der Waals surface area (Å²) in [6.45, 7) is 6.91. The average molecular weight is 264 g/mol. The van der Waals surface area contributed by atoms with Gasteiger partial charge >= 0.3 is 0 Å². The first-order valence-electron chi connectivity index (χ1n) is 5.12. The van der Waals surface area contributed by atoms with Crippen molar-refractivity contribution in [3.8, 4) is 0 Å². The summed E-state index contributed by atoms with van der Waals surface area (Å²) < 4.78 is 3.25. The van der Waals surface area contributed by atoms with Gasteiger partial charge in [-0.3, -0.25) is 0 Å². The van der Waals surface area contributed by atoms with Crippen molar-refractivity contribution < 1.29 is 0 Å². The molecule has 0 aliphatic heterocycles. The molecule has 78 valence electrons. The van der Waals surface area contributed by atoms with E-state index in [9.17, 15) is 0 Å². The van der Waals surface area contributed by atoms with Gasteiger partial charge in [-0.15, -0.1) is 0 Å². The topological polar surface area (TPSA) is 4.93 Å². The summed E-state index contributed by atoms with van der Waals surface area (Å²) in [5.41, 5.74) is 2.73. The average Bonchev–Trinajstić information content (AvgIpc) is 2.61. The fourth-order valence-electron chi connectivity index (χ4n) is 1.94. The summed E-state index contributed by atoms with van der Waals surface area (Å²) in [7, 11) is 0. The molecule has 0 amide bonds. The molecule has 1 nitrogen and oxygen atoms in total. The van der Waals surface area contributed by atoms with Crippen LogP contribution in [-0.4, -0.2) is 4.57 Å². The highest BCUT2D eigenvalue weighted by Crippen LogP contribution is 2.22. The van der Waals surface area contributed by atoms with E-state index in [0.717, 1.165) is 17.4 Å². The molecule has 0 saturated carbocycles. The molecule has 0 fully saturated rings. The van der Waals surface area contributed by atoms with Crippen LogP contribution in [0.2, 0.25) is 0 Å². The Morgan fingerprint density at radius 1 is 1.40 bits per heavy atom. The molecule has 0 bridgehead atoms. The Hall–Kier alpha value is -1.02. The number of aromatic nitrogens is 1. The van der Waals surface area contributed by atoms with E-state index < -0.39 is 0 Å². The molecular formula is C13H14BrN. The molecule has 1 aromatic heterocycles. The zero-order valence-electron chi connectivity index (χ0n) is 8.83. The molecule has 0 aliphatic rings. The van der Waals surface area contributed by atoms with E-state index >= 15 is 0 Å². The van der Waals surface area contributed by atoms with Crippen molar-refractivity contribution in [1.82, 2.24) is 4.57 Å². The summed E-state index contributed by atoms with van der Waals surface area (Å²) in [4.78, 5) is 0. The van der Waals surface area contributed by atoms with E-state index in [1.165, 1.54) is 16.5 Å². The third kappa shape index (κ3) is 2.00. The molecule has 0 radical (unpaired) electrons. The number of fused-ring (bicyclic) bond motifs is 1. The van der Waals surface area contributed by atoms with Crippen molar-refractivity contribution in [2.45, 2.75) is 19.9 Å². The smallest absolute Gasteiger partial charge is 0.0535 e. The van der Waals surface area contributed by atoms with Crippen LogP contribution in [0.3, 0.4) is 0 Å². The molecule has 1 heterocycles. The Morgan fingerprint density at radius 2 is 2.20 bits per heavy atom. The second kappa shape index (κ2) is 4.23. The number of hydrogen-bond acceptors (Lipinski definition) is 0. The van der Waals surface area contributed by atoms with Crippen molar-refractivity contribution in [1.29, 1.82) is 0 Å². The molecule has 0 saturated heterocycles. The predicted molar refractivity (Wildman–Crippen MR) is 69.4 cm³/mol. The zero-order valence-corrected chi connectivity index (χ0v) is 10.4. The normalized spacial score (nSPS) is 10.8. The highest BCUT2D eigenvalue weighted by atomic mass is 79.9. The van der Waals surface area contributed by atoms with Gasteiger partial charge in [-0.05, 0) is 23.4 Å². The molecular weight excluding hydrogens is 250 g/mol. The van der Waals surface area contributed by atoms with Gasteiger partial charge in [0.05, 0.1) is 12.1 Å². The van der Waals surface area contributed by atoms with Gasteiger partial charge in [0.25, 0.3) is 0 Å². The van der Waals surface area contributed by atoms with Crippen LogP contribution in [0.25, 0.3) is 10.9 Å². The minimum Gasteiger partial charge on any atom is -0.342 e. The van der Waals surface area contributed by atoms with Crippen LogP contribution in [0, 0.1) is 0 Å². The second-order valence-electron chi connectivity index (χ2n) is 3.67. The van der Waals surface area contributed by atoms with Crippen LogP contribution in [-0.2, 0) is 13.0 Å². The molecule has 0 aliphatic carbocycles. The van der Waals surface area contributed by atoms with Crippen molar-refractivity contribution in [3.63, 3.8) is 0 Å². The minimum absolute atomic E-state index is 0.834. The Balaban J connectivity index is 2.60. The molecule has 2 heteroatoms. The number of aryl methyl sites for hydroxylation is 1. The number of halogens is 1. The van der Waals surface area contributed by atoms with Gasteiger partial charge < -0.3 is 4.57 Å². The van der Waals surface area contributed by atoms with Crippen LogP contribution in [0.4, 0.5) is 0 Å². The fourth-order valence-corrected chi connectivity index (χ4v) is 2.21. The third-order valence-electron chi connectivity index (χ3n) is 2.59. The number of allylic oxidation sites excluding steroid dienone is 1. The highest BCUT2D eigenvalue weighted by molar-refractivity contribution is 9.11. The first-order chi connectivity index (χ1) is 7.22. The van der Waals surface area contributed by atoms with E-state index in [1.807, 2.05) is 0 Å². The second-order valence-corrected chi connectivity index (χ2v) is 4.79. The number of benzene rings is 1. The standard InChI is InChI=1S/C13H14BrN/c1-3-11-5-4-6-12-7-8-15(13(11)12)9-10(2)14/h4-8H,2-3,9H2,1H3. The maximum absolute atomic E-state index is 3.89. The molecule has 2 rings (SSSR count). The number of hydrogen-bond donors (Lipinski definition) is 0. The van der Waals surface area contributed by atoms with Gasteiger partial charge in [0, 0.05) is 10.7 Å². The summed E-state index contributed by atoms with van der Waals surface area (Å²) in [6, 6.07) is 8.62. The van der Waals surface area contributed by atoms with Gasteiger partial charge in [0.15, 0.2) is 0 Å². The van der Waals surface area contributed by atoms with E-state index in [-0.39, 0.29) is 0 Å². The predicted octanol–water partition coefficient (Wildman–Crippen LogP) is 4.11. The van der Waals surface area contributed by atoms with Gasteiger partial charge in [0.2, 0.25) is 0 Å². The van der Waals surface area contributed by atoms with Crippen LogP contribution in [0.15, 0.2) is 41.5 Å². The molecule has 2 aromatic rings. The van der Waals surface area contributed by atoms with Gasteiger partial charge in [0.1, 0.15) is 0 Å². The maximum atomic E-state index is 3.89. The van der Waals surface area contributed by atoms with Gasteiger partial charge in [-0.1, -0.05) is 47.6 Å². The Kier molecular flexibility index (Phi) is 2.96. The lowest BCUT2D eigenvalue weighted by Crippen LogP contribution is -1.97. The first kappa shape index (κ1) is 10.5. The summed E-state index contributed by atoms with van der Waals surface area (Å²) >= 11 is 3.41. The molecule has 0 atom stereocenters. The van der Waals surface area contributed by atoms with Crippen LogP contribution < -0.4 is 0 Å². The van der Waals surface area contributed by atoms with E-state index in [2.05, 4.69) is 64.5 Å². The quantitative estimate of drug-likeness (QED) is 0.786. The van der Waals surface area contributed by atoms with E-state index in [0.29, 0.717) is 0 Å². The van der Waals surface area contributed by atoms with Crippen molar-refractivity contribution in [2.24, 2.45) is 0 Å². The SMILES string of the molecule is C=C(Br)Cn1ccc2cccc(CC)c21. The summed E-state index contributed by atoms with van der Waals surface area (Å²) in [6.07, 6.45) is 3.19. The lowest BCUT2D eigenvalue weighted by molar-refractivity contribution is 0.852. The summed E-state index contributed by atoms with van der Waals surface area (Å²) in [5, 5.41) is 1.31. The van der Waals surface area contributed by atoms with E-state index in [4.69, 9.17) is 0 Å². The third-order valence-corrected chi connectivity index (χ3v) is 2.85. The summed E-state index contributed by atoms with van der Waals surface area (Å²) in [5.74, 6) is 0. The largest absolute Gasteiger partial charge is 0.342 e. The van der Waals surface area contributed by atoms with Crippen LogP contribution in [0.1, 0.15) is 12.5 Å². The van der Waals surface area contributed by atoms with Gasteiger partial charge in [-0.25, -0.2) is 0 Å². The number of rotatable bonds is 3. The zero-order chi connectivity index (χ0) is 10.8. The van der Waals surface area contributed by atoms with E-state index in [1.54, 1.807) is 0 Å². The molecule has 0 N–H and O–H groups in total. The monoisotopic (exact) mass is 263 g/mol. The maximum Gasteiger partial charge on any atom is 0.0535 e. The van der Waals surface area contributed by atoms with Crippen molar-refractivity contribution in [2.75, 3.05) is 0 Å². The minimum atomic E-state index is 0.834. The lowest BCUT2D eigenvalue weighted by Gasteiger charge is -2.07. The van der Waals surface area contributed by atoms with Crippen molar-refractivity contribution >= 4 is 26.8 Å². The first-order valence-corrected chi connectivity index (χ1v) is 5.91. The molecule has 0 unspecified atom stereocenters. The molecule has 15 heavy (non-hydrogen) atoms. The van der Waals surface area contributed by atoms with Crippen LogP contribution in [0.5, 0.6) is 0 Å². The van der Waals surface area contributed by atoms with Crippen molar-refractivity contribution in [3.05, 3.63) is 47.1 Å². The Bertz CT molecular complexity index is 496. The number of nitrogens with zero attached hydrogens (tertiary/aromatic N) is 1. The van der Waals surface area contributed by atoms with Gasteiger partial charge in [-0.2, -0.15) is 0 Å².